The topological polar surface area (TPSA) is 104 Å². The van der Waals surface area contributed by atoms with Gasteiger partial charge < -0.3 is 15.5 Å². The van der Waals surface area contributed by atoms with Crippen molar-refractivity contribution >= 4 is 35.0 Å². The number of aliphatic carboxylic acids is 1. The summed E-state index contributed by atoms with van der Waals surface area (Å²) in [5.41, 5.74) is -0.328. The number of halogens is 2. The number of Topliss-reactive ketones (excluding diaryl/α,β-unsaturated/α-hetero) is 1. The minimum atomic E-state index is -1.31. The van der Waals surface area contributed by atoms with Gasteiger partial charge >= 0.3 is 5.97 Å². The second kappa shape index (κ2) is 6.00. The summed E-state index contributed by atoms with van der Waals surface area (Å²) in [6, 6.07) is 1.04. The number of nitrogens with one attached hydrogen (secondary N) is 1. The Balaban J connectivity index is 2.65. The van der Waals surface area contributed by atoms with Gasteiger partial charge in [-0.1, -0.05) is 18.5 Å². The summed E-state index contributed by atoms with van der Waals surface area (Å²) in [6.07, 6.45) is 0. The molecule has 0 saturated heterocycles. The van der Waals surface area contributed by atoms with Crippen LogP contribution in [-0.2, 0) is 14.4 Å². The Morgan fingerprint density at radius 3 is 2.61 bits per heavy atom. The molecular formula is C15H13ClFNO5. The summed E-state index contributed by atoms with van der Waals surface area (Å²) >= 11 is 5.89. The Hall–Kier alpha value is -2.41. The maximum Gasteiger partial charge on any atom is 0.322 e. The summed E-state index contributed by atoms with van der Waals surface area (Å²) in [4.78, 5) is 34.8. The SMILES string of the molecule is Cc1c(Cl)cc(F)c2c1C(O)=C(C(=O)NCC(=O)O)C(=O)C2C. The van der Waals surface area contributed by atoms with Crippen LogP contribution in [0.5, 0.6) is 0 Å². The molecule has 0 fully saturated rings. The summed E-state index contributed by atoms with van der Waals surface area (Å²) in [6.45, 7) is 2.20. The third kappa shape index (κ3) is 2.79. The number of hydrogen-bond donors (Lipinski definition) is 3. The van der Waals surface area contributed by atoms with Crippen LogP contribution < -0.4 is 5.32 Å². The van der Waals surface area contributed by atoms with Crippen molar-refractivity contribution in [2.45, 2.75) is 19.8 Å². The van der Waals surface area contributed by atoms with Crippen LogP contribution in [0.1, 0.15) is 29.5 Å². The van der Waals surface area contributed by atoms with Crippen LogP contribution in [0.15, 0.2) is 11.6 Å². The molecule has 0 aromatic heterocycles. The molecule has 1 aliphatic carbocycles. The zero-order valence-corrected chi connectivity index (χ0v) is 13.0. The predicted molar refractivity (Wildman–Crippen MR) is 79.8 cm³/mol. The van der Waals surface area contributed by atoms with E-state index in [1.165, 1.54) is 13.8 Å². The molecule has 122 valence electrons. The number of aliphatic hydroxyl groups is 1. The van der Waals surface area contributed by atoms with Gasteiger partial charge in [0.1, 0.15) is 23.7 Å². The molecule has 2 rings (SSSR count). The molecular weight excluding hydrogens is 329 g/mol. The normalized spacial score (nSPS) is 17.0. The summed E-state index contributed by atoms with van der Waals surface area (Å²) in [5.74, 6) is -5.61. The zero-order valence-electron chi connectivity index (χ0n) is 12.2. The van der Waals surface area contributed by atoms with Gasteiger partial charge in [-0.05, 0) is 18.6 Å². The molecule has 1 aromatic rings. The van der Waals surface area contributed by atoms with Crippen molar-refractivity contribution in [3.63, 3.8) is 0 Å². The quantitative estimate of drug-likeness (QED) is 0.729. The lowest BCUT2D eigenvalue weighted by atomic mass is 9.79. The maximum atomic E-state index is 14.1. The highest BCUT2D eigenvalue weighted by Gasteiger charge is 2.38. The number of amides is 1. The first-order chi connectivity index (χ1) is 10.7. The Kier molecular flexibility index (Phi) is 4.42. The maximum absolute atomic E-state index is 14.1. The van der Waals surface area contributed by atoms with Crippen molar-refractivity contribution in [3.05, 3.63) is 39.2 Å². The van der Waals surface area contributed by atoms with Crippen LogP contribution in [0.3, 0.4) is 0 Å². The van der Waals surface area contributed by atoms with E-state index in [4.69, 9.17) is 16.7 Å². The van der Waals surface area contributed by atoms with E-state index in [0.29, 0.717) is 5.56 Å². The Labute approximate surface area is 135 Å². The summed E-state index contributed by atoms with van der Waals surface area (Å²) in [7, 11) is 0. The van der Waals surface area contributed by atoms with Crippen LogP contribution in [0, 0.1) is 12.7 Å². The second-order valence-electron chi connectivity index (χ2n) is 5.14. The van der Waals surface area contributed by atoms with Crippen molar-refractivity contribution in [1.29, 1.82) is 0 Å². The zero-order chi connectivity index (χ0) is 17.5. The van der Waals surface area contributed by atoms with Gasteiger partial charge in [0.05, 0.1) is 0 Å². The van der Waals surface area contributed by atoms with E-state index in [1.807, 2.05) is 5.32 Å². The fraction of sp³-hybridized carbons (Fsp3) is 0.267. The van der Waals surface area contributed by atoms with Crippen molar-refractivity contribution in [1.82, 2.24) is 5.32 Å². The van der Waals surface area contributed by atoms with Gasteiger partial charge in [0, 0.05) is 22.1 Å². The standard InChI is InChI=1S/C15H13ClFNO5/c1-5-7(16)3-8(17)10-6(2)13(21)12(14(22)11(5)10)15(23)18-4-9(19)20/h3,6,22H,4H2,1-2H3,(H,18,23)(H,19,20). The van der Waals surface area contributed by atoms with E-state index >= 15 is 0 Å². The van der Waals surface area contributed by atoms with Crippen LogP contribution in [0.4, 0.5) is 4.39 Å². The molecule has 1 aromatic carbocycles. The number of ketones is 1. The predicted octanol–water partition coefficient (Wildman–Crippen LogP) is 1.94. The lowest BCUT2D eigenvalue weighted by Crippen LogP contribution is -2.36. The number of carboxylic acid groups (broad SMARTS) is 1. The van der Waals surface area contributed by atoms with Crippen LogP contribution >= 0.6 is 11.6 Å². The van der Waals surface area contributed by atoms with Gasteiger partial charge in [0.15, 0.2) is 5.78 Å². The largest absolute Gasteiger partial charge is 0.506 e. The third-order valence-electron chi connectivity index (χ3n) is 3.69. The fourth-order valence-corrected chi connectivity index (χ4v) is 2.71. The Bertz CT molecular complexity index is 772. The molecule has 1 amide bonds. The fourth-order valence-electron chi connectivity index (χ4n) is 2.52. The van der Waals surface area contributed by atoms with Crippen LogP contribution in [0.25, 0.3) is 5.76 Å². The van der Waals surface area contributed by atoms with Gasteiger partial charge in [0.2, 0.25) is 0 Å². The molecule has 0 saturated carbocycles. The van der Waals surface area contributed by atoms with E-state index in [1.54, 1.807) is 0 Å². The van der Waals surface area contributed by atoms with Crippen molar-refractivity contribution in [2.75, 3.05) is 6.54 Å². The second-order valence-corrected chi connectivity index (χ2v) is 5.55. The highest BCUT2D eigenvalue weighted by molar-refractivity contribution is 6.32. The first-order valence-corrected chi connectivity index (χ1v) is 7.00. The smallest absolute Gasteiger partial charge is 0.322 e. The molecule has 8 heteroatoms. The number of hydrogen-bond acceptors (Lipinski definition) is 4. The van der Waals surface area contributed by atoms with E-state index in [2.05, 4.69) is 0 Å². The third-order valence-corrected chi connectivity index (χ3v) is 4.08. The van der Waals surface area contributed by atoms with Crippen LogP contribution in [-0.4, -0.2) is 34.4 Å². The Morgan fingerprint density at radius 1 is 1.43 bits per heavy atom. The molecule has 6 nitrogen and oxygen atoms in total. The number of rotatable bonds is 3. The minimum Gasteiger partial charge on any atom is -0.506 e. The first kappa shape index (κ1) is 17.0. The molecule has 1 aliphatic rings. The van der Waals surface area contributed by atoms with Crippen molar-refractivity contribution in [3.8, 4) is 0 Å². The summed E-state index contributed by atoms with van der Waals surface area (Å²) < 4.78 is 14.1. The van der Waals surface area contributed by atoms with Gasteiger partial charge in [-0.3, -0.25) is 14.4 Å². The molecule has 0 aliphatic heterocycles. The minimum absolute atomic E-state index is 0.0115. The molecule has 0 spiro atoms. The number of fused-ring (bicyclic) bond motifs is 1. The number of carbonyl (C=O) groups excluding carboxylic acids is 2. The molecule has 0 radical (unpaired) electrons. The van der Waals surface area contributed by atoms with Gasteiger partial charge in [-0.15, -0.1) is 0 Å². The lowest BCUT2D eigenvalue weighted by molar-refractivity contribution is -0.137. The molecule has 23 heavy (non-hydrogen) atoms. The number of carboxylic acids is 1. The van der Waals surface area contributed by atoms with E-state index in [-0.39, 0.29) is 16.1 Å². The number of carbonyl (C=O) groups is 3. The molecule has 3 N–H and O–H groups in total. The van der Waals surface area contributed by atoms with E-state index in [9.17, 15) is 23.9 Å². The van der Waals surface area contributed by atoms with Gasteiger partial charge in [0.25, 0.3) is 5.91 Å². The number of benzene rings is 1. The van der Waals surface area contributed by atoms with Crippen LogP contribution in [0.2, 0.25) is 5.02 Å². The molecule has 0 heterocycles. The molecule has 1 atom stereocenters. The average molecular weight is 342 g/mol. The van der Waals surface area contributed by atoms with E-state index < -0.39 is 47.3 Å². The van der Waals surface area contributed by atoms with Crippen molar-refractivity contribution < 1.29 is 29.0 Å². The lowest BCUT2D eigenvalue weighted by Gasteiger charge is -2.25. The van der Waals surface area contributed by atoms with Gasteiger partial charge in [-0.2, -0.15) is 0 Å². The monoisotopic (exact) mass is 341 g/mol. The van der Waals surface area contributed by atoms with E-state index in [0.717, 1.165) is 6.07 Å². The highest BCUT2D eigenvalue weighted by Crippen LogP contribution is 2.40. The summed E-state index contributed by atoms with van der Waals surface area (Å²) in [5, 5.41) is 20.9. The average Bonchev–Trinajstić information content (AvgIpc) is 2.46. The van der Waals surface area contributed by atoms with Gasteiger partial charge in [-0.25, -0.2) is 4.39 Å². The molecule has 1 unspecified atom stereocenters. The van der Waals surface area contributed by atoms with Crippen molar-refractivity contribution in [2.24, 2.45) is 0 Å². The Morgan fingerprint density at radius 2 is 2.04 bits per heavy atom. The highest BCUT2D eigenvalue weighted by atomic mass is 35.5. The first-order valence-electron chi connectivity index (χ1n) is 6.63. The number of aliphatic hydroxyl groups excluding tert-OH is 1. The molecule has 0 bridgehead atoms.